The van der Waals surface area contributed by atoms with Crippen LogP contribution in [0.4, 0.5) is 5.95 Å². The molecule has 2 aromatic rings. The maximum atomic E-state index is 12.1. The first-order valence-corrected chi connectivity index (χ1v) is 8.04. The predicted octanol–water partition coefficient (Wildman–Crippen LogP) is 1.25. The number of piperidine rings is 1. The van der Waals surface area contributed by atoms with Gasteiger partial charge < -0.3 is 5.32 Å². The van der Waals surface area contributed by atoms with Gasteiger partial charge in [-0.25, -0.2) is 4.68 Å². The standard InChI is InChI=1S/C16H22N6O/c1-22-16(20-15(21-22)12-7-10-17-11-8-12)19-14(23)6-5-13-4-2-3-9-18-13/h2-4,9,12,17H,5-8,10-11H2,1H3,(H,19,20,21,23). The van der Waals surface area contributed by atoms with Gasteiger partial charge in [-0.1, -0.05) is 6.07 Å². The minimum atomic E-state index is -0.0667. The van der Waals surface area contributed by atoms with Crippen LogP contribution in [-0.2, 0) is 18.3 Å². The van der Waals surface area contributed by atoms with Crippen molar-refractivity contribution in [1.82, 2.24) is 25.1 Å². The molecule has 0 aliphatic carbocycles. The molecule has 1 aliphatic rings. The summed E-state index contributed by atoms with van der Waals surface area (Å²) in [5, 5.41) is 10.6. The van der Waals surface area contributed by atoms with Gasteiger partial charge >= 0.3 is 0 Å². The van der Waals surface area contributed by atoms with Gasteiger partial charge in [0.15, 0.2) is 5.82 Å². The van der Waals surface area contributed by atoms with Crippen LogP contribution >= 0.6 is 0 Å². The number of amides is 1. The molecule has 0 aromatic carbocycles. The number of nitrogens with one attached hydrogen (secondary N) is 2. The molecule has 1 aliphatic heterocycles. The SMILES string of the molecule is Cn1nc(C2CCNCC2)nc1NC(=O)CCc1ccccn1. The van der Waals surface area contributed by atoms with Crippen LogP contribution < -0.4 is 10.6 Å². The van der Waals surface area contributed by atoms with Gasteiger partial charge in [0.25, 0.3) is 0 Å². The molecule has 0 bridgehead atoms. The van der Waals surface area contributed by atoms with Gasteiger partial charge in [-0.3, -0.25) is 15.1 Å². The minimum absolute atomic E-state index is 0.0667. The van der Waals surface area contributed by atoms with Gasteiger partial charge in [0, 0.05) is 31.3 Å². The average molecular weight is 314 g/mol. The largest absolute Gasteiger partial charge is 0.317 e. The third-order valence-corrected chi connectivity index (χ3v) is 4.07. The highest BCUT2D eigenvalue weighted by Crippen LogP contribution is 2.23. The zero-order valence-electron chi connectivity index (χ0n) is 13.3. The van der Waals surface area contributed by atoms with E-state index in [1.54, 1.807) is 10.9 Å². The molecule has 1 saturated heterocycles. The zero-order valence-corrected chi connectivity index (χ0v) is 13.3. The molecule has 3 heterocycles. The molecule has 122 valence electrons. The molecule has 0 unspecified atom stereocenters. The highest BCUT2D eigenvalue weighted by atomic mass is 16.1. The van der Waals surface area contributed by atoms with Gasteiger partial charge in [0.2, 0.25) is 11.9 Å². The molecule has 2 aromatic heterocycles. The second-order valence-corrected chi connectivity index (χ2v) is 5.81. The number of carbonyl (C=O) groups is 1. The van der Waals surface area contributed by atoms with Gasteiger partial charge in [-0.2, -0.15) is 10.1 Å². The van der Waals surface area contributed by atoms with Crippen LogP contribution in [-0.4, -0.2) is 38.7 Å². The number of hydrogen-bond acceptors (Lipinski definition) is 5. The molecule has 0 saturated carbocycles. The maximum absolute atomic E-state index is 12.1. The monoisotopic (exact) mass is 314 g/mol. The normalized spacial score (nSPS) is 15.5. The smallest absolute Gasteiger partial charge is 0.227 e. The number of pyridine rings is 1. The van der Waals surface area contributed by atoms with Crippen LogP contribution in [0.3, 0.4) is 0 Å². The Labute approximate surface area is 135 Å². The van der Waals surface area contributed by atoms with Crippen molar-refractivity contribution < 1.29 is 4.79 Å². The lowest BCUT2D eigenvalue weighted by molar-refractivity contribution is -0.116. The van der Waals surface area contributed by atoms with Gasteiger partial charge in [0.05, 0.1) is 0 Å². The fourth-order valence-corrected chi connectivity index (χ4v) is 2.74. The number of rotatable bonds is 5. The number of hydrogen-bond donors (Lipinski definition) is 2. The zero-order chi connectivity index (χ0) is 16.1. The van der Waals surface area contributed by atoms with E-state index in [-0.39, 0.29) is 5.91 Å². The van der Waals surface area contributed by atoms with E-state index >= 15 is 0 Å². The van der Waals surface area contributed by atoms with Crippen molar-refractivity contribution in [2.75, 3.05) is 18.4 Å². The van der Waals surface area contributed by atoms with Crippen LogP contribution in [0.1, 0.15) is 36.7 Å². The van der Waals surface area contributed by atoms with Crippen molar-refractivity contribution in [2.45, 2.75) is 31.6 Å². The summed E-state index contributed by atoms with van der Waals surface area (Å²) in [6.45, 7) is 1.99. The van der Waals surface area contributed by atoms with Crippen LogP contribution in [0.25, 0.3) is 0 Å². The quantitative estimate of drug-likeness (QED) is 0.867. The Bertz CT molecular complexity index is 648. The van der Waals surface area contributed by atoms with Crippen LogP contribution in [0.15, 0.2) is 24.4 Å². The number of anilines is 1. The second kappa shape index (κ2) is 7.32. The van der Waals surface area contributed by atoms with Crippen molar-refractivity contribution in [2.24, 2.45) is 7.05 Å². The molecule has 7 heteroatoms. The van der Waals surface area contributed by atoms with Crippen LogP contribution in [0.2, 0.25) is 0 Å². The van der Waals surface area contributed by atoms with E-state index in [9.17, 15) is 4.79 Å². The number of nitrogens with zero attached hydrogens (tertiary/aromatic N) is 4. The van der Waals surface area contributed by atoms with E-state index in [1.807, 2.05) is 25.2 Å². The Kier molecular flexibility index (Phi) is 4.97. The van der Waals surface area contributed by atoms with Crippen LogP contribution in [0, 0.1) is 0 Å². The van der Waals surface area contributed by atoms with Gasteiger partial charge in [0.1, 0.15) is 0 Å². The minimum Gasteiger partial charge on any atom is -0.317 e. The molecule has 1 amide bonds. The number of aryl methyl sites for hydroxylation is 2. The number of aromatic nitrogens is 4. The molecule has 2 N–H and O–H groups in total. The van der Waals surface area contributed by atoms with Crippen molar-refractivity contribution in [3.8, 4) is 0 Å². The maximum Gasteiger partial charge on any atom is 0.227 e. The summed E-state index contributed by atoms with van der Waals surface area (Å²) >= 11 is 0. The number of carbonyl (C=O) groups excluding carboxylic acids is 1. The first kappa shape index (κ1) is 15.6. The Morgan fingerprint density at radius 3 is 2.96 bits per heavy atom. The van der Waals surface area contributed by atoms with E-state index in [0.29, 0.717) is 24.7 Å². The van der Waals surface area contributed by atoms with E-state index in [1.165, 1.54) is 0 Å². The van der Waals surface area contributed by atoms with Crippen molar-refractivity contribution in [3.05, 3.63) is 35.9 Å². The molecular weight excluding hydrogens is 292 g/mol. The Morgan fingerprint density at radius 2 is 2.22 bits per heavy atom. The third-order valence-electron chi connectivity index (χ3n) is 4.07. The summed E-state index contributed by atoms with van der Waals surface area (Å²) in [7, 11) is 1.81. The summed E-state index contributed by atoms with van der Waals surface area (Å²) in [6, 6.07) is 5.71. The lowest BCUT2D eigenvalue weighted by Gasteiger charge is -2.19. The molecule has 0 radical (unpaired) electrons. The fraction of sp³-hybridized carbons (Fsp3) is 0.500. The van der Waals surface area contributed by atoms with E-state index in [4.69, 9.17) is 0 Å². The third kappa shape index (κ3) is 4.13. The molecular formula is C16H22N6O. The predicted molar refractivity (Wildman–Crippen MR) is 87.0 cm³/mol. The lowest BCUT2D eigenvalue weighted by atomic mass is 9.98. The molecule has 3 rings (SSSR count). The molecule has 0 atom stereocenters. The van der Waals surface area contributed by atoms with Crippen molar-refractivity contribution in [1.29, 1.82) is 0 Å². The Morgan fingerprint density at radius 1 is 1.39 bits per heavy atom. The highest BCUT2D eigenvalue weighted by Gasteiger charge is 2.21. The average Bonchev–Trinajstić information content (AvgIpc) is 2.95. The lowest BCUT2D eigenvalue weighted by Crippen LogP contribution is -2.27. The van der Waals surface area contributed by atoms with E-state index in [2.05, 4.69) is 25.7 Å². The summed E-state index contributed by atoms with van der Waals surface area (Å²) in [5.41, 5.74) is 0.913. The first-order valence-electron chi connectivity index (χ1n) is 8.04. The highest BCUT2D eigenvalue weighted by molar-refractivity contribution is 5.89. The Hall–Kier alpha value is -2.28. The Balaban J connectivity index is 1.56. The molecule has 1 fully saturated rings. The molecule has 23 heavy (non-hydrogen) atoms. The molecule has 0 spiro atoms. The van der Waals surface area contributed by atoms with Crippen LogP contribution in [0.5, 0.6) is 0 Å². The van der Waals surface area contributed by atoms with E-state index in [0.717, 1.165) is 37.4 Å². The summed E-state index contributed by atoms with van der Waals surface area (Å²) in [4.78, 5) is 20.8. The molecule has 7 nitrogen and oxygen atoms in total. The van der Waals surface area contributed by atoms with Crippen molar-refractivity contribution >= 4 is 11.9 Å². The summed E-state index contributed by atoms with van der Waals surface area (Å²) < 4.78 is 1.65. The summed E-state index contributed by atoms with van der Waals surface area (Å²) in [5.74, 6) is 1.66. The topological polar surface area (TPSA) is 84.7 Å². The fourth-order valence-electron chi connectivity index (χ4n) is 2.74. The second-order valence-electron chi connectivity index (χ2n) is 5.81. The van der Waals surface area contributed by atoms with Gasteiger partial charge in [-0.05, 0) is 44.5 Å². The summed E-state index contributed by atoms with van der Waals surface area (Å²) in [6.07, 6.45) is 4.81. The van der Waals surface area contributed by atoms with Crippen molar-refractivity contribution in [3.63, 3.8) is 0 Å². The van der Waals surface area contributed by atoms with E-state index < -0.39 is 0 Å². The van der Waals surface area contributed by atoms with Gasteiger partial charge in [-0.15, -0.1) is 0 Å². The first-order chi connectivity index (χ1) is 11.2.